The second kappa shape index (κ2) is 4.48. The molecule has 1 aromatic carbocycles. The Kier molecular flexibility index (Phi) is 3.55. The lowest BCUT2D eigenvalue weighted by molar-refractivity contribution is -0.383. The first-order chi connectivity index (χ1) is 6.56. The van der Waals surface area contributed by atoms with Crippen LogP contribution in [0.2, 0.25) is 5.02 Å². The SMILES string of the molecule is Nc1c(Cl)cc(CCCl)cc1[N+](=O)[O-]. The van der Waals surface area contributed by atoms with E-state index in [1.807, 2.05) is 0 Å². The maximum Gasteiger partial charge on any atom is 0.293 e. The maximum absolute atomic E-state index is 10.6. The van der Waals surface area contributed by atoms with E-state index in [1.54, 1.807) is 6.07 Å². The number of benzene rings is 1. The van der Waals surface area contributed by atoms with Gasteiger partial charge in [0.1, 0.15) is 5.69 Å². The molecule has 0 spiro atoms. The summed E-state index contributed by atoms with van der Waals surface area (Å²) in [6.07, 6.45) is 0.530. The molecule has 0 bridgehead atoms. The number of hydrogen-bond donors (Lipinski definition) is 1. The van der Waals surface area contributed by atoms with E-state index in [9.17, 15) is 10.1 Å². The maximum atomic E-state index is 10.6. The number of rotatable bonds is 3. The molecule has 14 heavy (non-hydrogen) atoms. The zero-order valence-corrected chi connectivity index (χ0v) is 8.68. The third-order valence-corrected chi connectivity index (χ3v) is 2.25. The van der Waals surface area contributed by atoms with Gasteiger partial charge in [-0.3, -0.25) is 10.1 Å². The first-order valence-electron chi connectivity index (χ1n) is 3.84. The van der Waals surface area contributed by atoms with Crippen LogP contribution in [0.1, 0.15) is 5.56 Å². The van der Waals surface area contributed by atoms with Crippen LogP contribution in [0.5, 0.6) is 0 Å². The molecule has 0 saturated carbocycles. The first-order valence-corrected chi connectivity index (χ1v) is 4.75. The number of hydrogen-bond acceptors (Lipinski definition) is 3. The molecule has 6 heteroatoms. The Bertz CT molecular complexity index is 369. The third kappa shape index (κ3) is 2.27. The van der Waals surface area contributed by atoms with E-state index in [2.05, 4.69) is 0 Å². The summed E-state index contributed by atoms with van der Waals surface area (Å²) in [5.74, 6) is 0.386. The summed E-state index contributed by atoms with van der Waals surface area (Å²) in [5, 5.41) is 10.8. The molecule has 0 radical (unpaired) electrons. The summed E-state index contributed by atoms with van der Waals surface area (Å²) in [6, 6.07) is 2.98. The number of alkyl halides is 1. The van der Waals surface area contributed by atoms with Crippen molar-refractivity contribution in [1.82, 2.24) is 0 Å². The van der Waals surface area contributed by atoms with Gasteiger partial charge < -0.3 is 5.73 Å². The van der Waals surface area contributed by atoms with Gasteiger partial charge in [-0.1, -0.05) is 11.6 Å². The summed E-state index contributed by atoms with van der Waals surface area (Å²) in [7, 11) is 0. The molecule has 0 aliphatic carbocycles. The Morgan fingerprint density at radius 2 is 2.14 bits per heavy atom. The van der Waals surface area contributed by atoms with E-state index in [-0.39, 0.29) is 16.4 Å². The number of nitrogens with two attached hydrogens (primary N) is 1. The highest BCUT2D eigenvalue weighted by Gasteiger charge is 2.15. The molecule has 1 aromatic rings. The predicted molar refractivity (Wildman–Crippen MR) is 56.9 cm³/mol. The quantitative estimate of drug-likeness (QED) is 0.379. The Morgan fingerprint density at radius 3 is 2.64 bits per heavy atom. The number of nitro benzene ring substituents is 1. The summed E-state index contributed by atoms with van der Waals surface area (Å²) in [6.45, 7) is 0. The van der Waals surface area contributed by atoms with Gasteiger partial charge >= 0.3 is 0 Å². The molecular weight excluding hydrogens is 227 g/mol. The molecule has 0 fully saturated rings. The fraction of sp³-hybridized carbons (Fsp3) is 0.250. The molecule has 76 valence electrons. The van der Waals surface area contributed by atoms with Crippen molar-refractivity contribution in [1.29, 1.82) is 0 Å². The van der Waals surface area contributed by atoms with Crippen molar-refractivity contribution >= 4 is 34.6 Å². The fourth-order valence-electron chi connectivity index (χ4n) is 1.06. The van der Waals surface area contributed by atoms with Crippen LogP contribution in [0, 0.1) is 10.1 Å². The smallest absolute Gasteiger partial charge is 0.293 e. The van der Waals surface area contributed by atoms with Crippen molar-refractivity contribution < 1.29 is 4.92 Å². The van der Waals surface area contributed by atoms with Gasteiger partial charge in [-0.25, -0.2) is 0 Å². The second-order valence-corrected chi connectivity index (χ2v) is 3.49. The van der Waals surface area contributed by atoms with E-state index in [1.165, 1.54) is 6.07 Å². The number of nitrogen functional groups attached to an aromatic ring is 1. The van der Waals surface area contributed by atoms with Gasteiger partial charge in [0.2, 0.25) is 0 Å². The summed E-state index contributed by atoms with van der Waals surface area (Å²) in [4.78, 5) is 10.0. The van der Waals surface area contributed by atoms with Gasteiger partial charge in [-0.2, -0.15) is 0 Å². The minimum atomic E-state index is -0.557. The standard InChI is InChI=1S/C8H8Cl2N2O2/c9-2-1-5-3-6(10)8(11)7(4-5)12(13)14/h3-4H,1-2,11H2. The van der Waals surface area contributed by atoms with Crippen LogP contribution in [0.4, 0.5) is 11.4 Å². The minimum absolute atomic E-state index is 0.00464. The van der Waals surface area contributed by atoms with E-state index in [0.717, 1.165) is 0 Å². The summed E-state index contributed by atoms with van der Waals surface area (Å²) < 4.78 is 0. The summed E-state index contributed by atoms with van der Waals surface area (Å²) in [5.41, 5.74) is 5.98. The van der Waals surface area contributed by atoms with Crippen molar-refractivity contribution in [2.75, 3.05) is 11.6 Å². The number of halogens is 2. The van der Waals surface area contributed by atoms with Crippen LogP contribution < -0.4 is 5.73 Å². The molecule has 0 aliphatic heterocycles. The minimum Gasteiger partial charge on any atom is -0.392 e. The van der Waals surface area contributed by atoms with E-state index >= 15 is 0 Å². The highest BCUT2D eigenvalue weighted by Crippen LogP contribution is 2.30. The molecule has 0 atom stereocenters. The molecule has 0 aromatic heterocycles. The Balaban J connectivity index is 3.21. The molecule has 0 aliphatic rings. The largest absolute Gasteiger partial charge is 0.392 e. The van der Waals surface area contributed by atoms with Crippen LogP contribution >= 0.6 is 23.2 Å². The van der Waals surface area contributed by atoms with Crippen LogP contribution in [-0.2, 0) is 6.42 Å². The highest BCUT2D eigenvalue weighted by atomic mass is 35.5. The lowest BCUT2D eigenvalue weighted by Gasteiger charge is -2.03. The third-order valence-electron chi connectivity index (χ3n) is 1.75. The molecule has 0 saturated heterocycles. The van der Waals surface area contributed by atoms with Crippen molar-refractivity contribution in [3.63, 3.8) is 0 Å². The van der Waals surface area contributed by atoms with E-state index in [4.69, 9.17) is 28.9 Å². The lowest BCUT2D eigenvalue weighted by Crippen LogP contribution is -1.98. The Morgan fingerprint density at radius 1 is 1.50 bits per heavy atom. The predicted octanol–water partition coefficient (Wildman–Crippen LogP) is 2.61. The van der Waals surface area contributed by atoms with Crippen molar-refractivity contribution in [3.8, 4) is 0 Å². The van der Waals surface area contributed by atoms with Crippen molar-refractivity contribution in [3.05, 3.63) is 32.8 Å². The van der Waals surface area contributed by atoms with Crippen molar-refractivity contribution in [2.45, 2.75) is 6.42 Å². The monoisotopic (exact) mass is 234 g/mol. The van der Waals surface area contributed by atoms with E-state index in [0.29, 0.717) is 17.9 Å². The number of nitro groups is 1. The Labute approximate surface area is 90.8 Å². The molecular formula is C8H8Cl2N2O2. The average molecular weight is 235 g/mol. The zero-order chi connectivity index (χ0) is 10.7. The zero-order valence-electron chi connectivity index (χ0n) is 7.17. The van der Waals surface area contributed by atoms with Gasteiger partial charge in [-0.05, 0) is 18.1 Å². The van der Waals surface area contributed by atoms with Gasteiger partial charge in [0.25, 0.3) is 5.69 Å². The van der Waals surface area contributed by atoms with Gasteiger partial charge in [0.05, 0.1) is 9.95 Å². The van der Waals surface area contributed by atoms with Gasteiger partial charge in [0, 0.05) is 11.9 Å². The topological polar surface area (TPSA) is 69.2 Å². The number of aryl methyl sites for hydroxylation is 1. The fourth-order valence-corrected chi connectivity index (χ4v) is 1.52. The average Bonchev–Trinajstić information content (AvgIpc) is 2.11. The van der Waals surface area contributed by atoms with Crippen LogP contribution in [0.15, 0.2) is 12.1 Å². The summed E-state index contributed by atoms with van der Waals surface area (Å²) >= 11 is 11.2. The van der Waals surface area contributed by atoms with Crippen LogP contribution in [0.25, 0.3) is 0 Å². The van der Waals surface area contributed by atoms with Crippen molar-refractivity contribution in [2.24, 2.45) is 0 Å². The molecule has 2 N–H and O–H groups in total. The second-order valence-electron chi connectivity index (χ2n) is 2.71. The van der Waals surface area contributed by atoms with Crippen LogP contribution in [0.3, 0.4) is 0 Å². The van der Waals surface area contributed by atoms with Crippen LogP contribution in [-0.4, -0.2) is 10.8 Å². The number of anilines is 1. The Hall–Kier alpha value is -1.00. The molecule has 4 nitrogen and oxygen atoms in total. The normalized spacial score (nSPS) is 10.1. The molecule has 0 unspecified atom stereocenters. The molecule has 0 heterocycles. The highest BCUT2D eigenvalue weighted by molar-refractivity contribution is 6.33. The lowest BCUT2D eigenvalue weighted by atomic mass is 10.1. The van der Waals surface area contributed by atoms with Gasteiger partial charge in [0.15, 0.2) is 0 Å². The first kappa shape index (κ1) is 11.1. The molecule has 1 rings (SSSR count). The van der Waals surface area contributed by atoms with E-state index < -0.39 is 4.92 Å². The number of nitrogens with zero attached hydrogens (tertiary/aromatic N) is 1. The molecule has 0 amide bonds. The van der Waals surface area contributed by atoms with Gasteiger partial charge in [-0.15, -0.1) is 11.6 Å².